The van der Waals surface area contributed by atoms with Gasteiger partial charge in [0.05, 0.1) is 0 Å². The second-order valence-electron chi connectivity index (χ2n) is 1.70. The monoisotopic (exact) mass is 152 g/mol. The summed E-state index contributed by atoms with van der Waals surface area (Å²) in [6, 6.07) is 0. The van der Waals surface area contributed by atoms with Crippen LogP contribution in [0.3, 0.4) is 0 Å². The molecular weight excluding hydrogens is 144 g/mol. The number of hydrogen-bond acceptors (Lipinski definition) is 3. The Morgan fingerprint density at radius 3 is 2.09 bits per heavy atom. The second-order valence-corrected chi connectivity index (χ2v) is 1.70. The maximum atomic E-state index is 10.5. The summed E-state index contributed by atoms with van der Waals surface area (Å²) >= 11 is 0. The van der Waals surface area contributed by atoms with Crippen molar-refractivity contribution < 1.29 is 14.7 Å². The first-order valence-corrected chi connectivity index (χ1v) is 2.85. The van der Waals surface area contributed by atoms with E-state index in [1.807, 2.05) is 0 Å². The summed E-state index contributed by atoms with van der Waals surface area (Å²) in [6.45, 7) is 6.28. The predicted molar refractivity (Wildman–Crippen MR) is 41.1 cm³/mol. The Labute approximate surface area is 64.3 Å². The van der Waals surface area contributed by atoms with Gasteiger partial charge in [0.15, 0.2) is 11.5 Å². The molecule has 0 spiro atoms. The van der Waals surface area contributed by atoms with Crippen LogP contribution in [0, 0.1) is 0 Å². The number of allylic oxidation sites excluding steroid dienone is 3. The quantitative estimate of drug-likeness (QED) is 0.481. The van der Waals surface area contributed by atoms with Crippen LogP contribution in [0.1, 0.15) is 0 Å². The van der Waals surface area contributed by atoms with Crippen molar-refractivity contribution in [2.24, 2.45) is 0 Å². The number of carbonyl (C=O) groups excluding carboxylic acids is 2. The molecule has 0 saturated carbocycles. The van der Waals surface area contributed by atoms with Crippen LogP contribution in [0.5, 0.6) is 0 Å². The largest absolute Gasteiger partial charge is 0.504 e. The van der Waals surface area contributed by atoms with Crippen LogP contribution in [-0.4, -0.2) is 16.7 Å². The fourth-order valence-electron chi connectivity index (χ4n) is 0.369. The number of ketones is 2. The van der Waals surface area contributed by atoms with Crippen molar-refractivity contribution in [1.82, 2.24) is 0 Å². The molecule has 0 aromatic heterocycles. The summed E-state index contributed by atoms with van der Waals surface area (Å²) < 4.78 is 0. The molecule has 0 aliphatic heterocycles. The standard InChI is InChI=1S/C8H8O3/c1-3-6(9)5-8(11)7(10)4-2/h3-5,11H,1-2H2/b8-5+. The molecule has 0 heterocycles. The Morgan fingerprint density at radius 2 is 1.73 bits per heavy atom. The molecule has 0 rings (SSSR count). The van der Waals surface area contributed by atoms with Gasteiger partial charge >= 0.3 is 0 Å². The maximum Gasteiger partial charge on any atom is 0.219 e. The minimum Gasteiger partial charge on any atom is -0.504 e. The van der Waals surface area contributed by atoms with Gasteiger partial charge < -0.3 is 5.11 Å². The molecule has 11 heavy (non-hydrogen) atoms. The minimum absolute atomic E-state index is 0.516. The first kappa shape index (κ1) is 9.36. The molecule has 58 valence electrons. The molecule has 1 N–H and O–H groups in total. The number of hydrogen-bond donors (Lipinski definition) is 1. The van der Waals surface area contributed by atoms with Crippen LogP contribution in [0.15, 0.2) is 37.1 Å². The van der Waals surface area contributed by atoms with Gasteiger partial charge in [-0.15, -0.1) is 0 Å². The zero-order valence-corrected chi connectivity index (χ0v) is 5.91. The lowest BCUT2D eigenvalue weighted by Gasteiger charge is -1.89. The SMILES string of the molecule is C=CC(=O)/C=C(/O)C(=O)C=C. The molecule has 0 unspecified atom stereocenters. The normalized spacial score (nSPS) is 10.4. The Kier molecular flexibility index (Phi) is 3.59. The highest BCUT2D eigenvalue weighted by molar-refractivity contribution is 6.08. The van der Waals surface area contributed by atoms with E-state index in [0.717, 1.165) is 18.2 Å². The van der Waals surface area contributed by atoms with Gasteiger partial charge in [0, 0.05) is 6.08 Å². The summed E-state index contributed by atoms with van der Waals surface area (Å²) in [5.41, 5.74) is 0. The molecule has 0 radical (unpaired) electrons. The van der Waals surface area contributed by atoms with E-state index in [1.54, 1.807) is 0 Å². The Morgan fingerprint density at radius 1 is 1.18 bits per heavy atom. The highest BCUT2D eigenvalue weighted by Crippen LogP contribution is 1.92. The molecule has 0 saturated heterocycles. The van der Waals surface area contributed by atoms with Gasteiger partial charge in [-0.25, -0.2) is 0 Å². The summed E-state index contributed by atoms with van der Waals surface area (Å²) in [4.78, 5) is 21.0. The molecule has 0 atom stereocenters. The zero-order valence-electron chi connectivity index (χ0n) is 5.91. The van der Waals surface area contributed by atoms with Crippen LogP contribution >= 0.6 is 0 Å². The number of rotatable bonds is 4. The van der Waals surface area contributed by atoms with Gasteiger partial charge in [-0.3, -0.25) is 9.59 Å². The van der Waals surface area contributed by atoms with E-state index in [1.165, 1.54) is 0 Å². The zero-order chi connectivity index (χ0) is 8.85. The van der Waals surface area contributed by atoms with Crippen molar-refractivity contribution in [2.75, 3.05) is 0 Å². The maximum absolute atomic E-state index is 10.5. The predicted octanol–water partition coefficient (Wildman–Crippen LogP) is 0.938. The highest BCUT2D eigenvalue weighted by Gasteiger charge is 2.02. The van der Waals surface area contributed by atoms with Gasteiger partial charge in [-0.1, -0.05) is 13.2 Å². The van der Waals surface area contributed by atoms with E-state index < -0.39 is 17.3 Å². The van der Waals surface area contributed by atoms with E-state index in [2.05, 4.69) is 13.2 Å². The fourth-order valence-corrected chi connectivity index (χ4v) is 0.369. The summed E-state index contributed by atoms with van der Waals surface area (Å²) in [5, 5.41) is 8.79. The fraction of sp³-hybridized carbons (Fsp3) is 0. The van der Waals surface area contributed by atoms with Crippen molar-refractivity contribution in [2.45, 2.75) is 0 Å². The molecular formula is C8H8O3. The van der Waals surface area contributed by atoms with Gasteiger partial charge in [0.25, 0.3) is 0 Å². The third-order valence-corrected chi connectivity index (χ3v) is 0.918. The topological polar surface area (TPSA) is 54.4 Å². The third-order valence-electron chi connectivity index (χ3n) is 0.918. The van der Waals surface area contributed by atoms with Gasteiger partial charge in [0.1, 0.15) is 0 Å². The summed E-state index contributed by atoms with van der Waals surface area (Å²) in [6.07, 6.45) is 2.70. The average molecular weight is 152 g/mol. The van der Waals surface area contributed by atoms with Crippen molar-refractivity contribution in [1.29, 1.82) is 0 Å². The van der Waals surface area contributed by atoms with Crippen LogP contribution in [-0.2, 0) is 9.59 Å². The Bertz CT molecular complexity index is 236. The second kappa shape index (κ2) is 4.22. The summed E-state index contributed by atoms with van der Waals surface area (Å²) in [7, 11) is 0. The molecule has 0 amide bonds. The van der Waals surface area contributed by atoms with E-state index >= 15 is 0 Å². The Hall–Kier alpha value is -1.64. The molecule has 0 fully saturated rings. The van der Waals surface area contributed by atoms with E-state index in [9.17, 15) is 9.59 Å². The van der Waals surface area contributed by atoms with E-state index in [4.69, 9.17) is 5.11 Å². The van der Waals surface area contributed by atoms with Gasteiger partial charge in [-0.2, -0.15) is 0 Å². The van der Waals surface area contributed by atoms with Crippen molar-refractivity contribution in [3.63, 3.8) is 0 Å². The van der Waals surface area contributed by atoms with Crippen molar-refractivity contribution in [3.8, 4) is 0 Å². The molecule has 0 aliphatic rings. The highest BCUT2D eigenvalue weighted by atomic mass is 16.3. The van der Waals surface area contributed by atoms with E-state index in [0.29, 0.717) is 0 Å². The smallest absolute Gasteiger partial charge is 0.219 e. The molecule has 0 aromatic rings. The molecule has 3 heteroatoms. The van der Waals surface area contributed by atoms with Gasteiger partial charge in [-0.05, 0) is 12.2 Å². The van der Waals surface area contributed by atoms with Crippen LogP contribution in [0.2, 0.25) is 0 Å². The number of aliphatic hydroxyl groups is 1. The third kappa shape index (κ3) is 3.15. The lowest BCUT2D eigenvalue weighted by Crippen LogP contribution is -1.99. The molecule has 3 nitrogen and oxygen atoms in total. The first-order valence-electron chi connectivity index (χ1n) is 2.85. The molecule has 0 aromatic carbocycles. The van der Waals surface area contributed by atoms with E-state index in [-0.39, 0.29) is 0 Å². The van der Waals surface area contributed by atoms with Crippen LogP contribution in [0.4, 0.5) is 0 Å². The van der Waals surface area contributed by atoms with Crippen LogP contribution < -0.4 is 0 Å². The van der Waals surface area contributed by atoms with Crippen molar-refractivity contribution in [3.05, 3.63) is 37.1 Å². The van der Waals surface area contributed by atoms with Crippen LogP contribution in [0.25, 0.3) is 0 Å². The molecule has 0 bridgehead atoms. The lowest BCUT2D eigenvalue weighted by atomic mass is 10.2. The number of carbonyl (C=O) groups is 2. The Balaban J connectivity index is 4.45. The number of aliphatic hydroxyl groups excluding tert-OH is 1. The van der Waals surface area contributed by atoms with Crippen molar-refractivity contribution >= 4 is 11.6 Å². The minimum atomic E-state index is -0.680. The average Bonchev–Trinajstić information content (AvgIpc) is 2.02. The summed E-state index contributed by atoms with van der Waals surface area (Å²) in [5.74, 6) is -1.82. The first-order chi connectivity index (χ1) is 5.11. The molecule has 0 aliphatic carbocycles. The van der Waals surface area contributed by atoms with Gasteiger partial charge in [0.2, 0.25) is 5.78 Å². The lowest BCUT2D eigenvalue weighted by molar-refractivity contribution is -0.115.